The summed E-state index contributed by atoms with van der Waals surface area (Å²) in [5.74, 6) is -0.177. The monoisotopic (exact) mass is 169 g/mol. The van der Waals surface area contributed by atoms with E-state index in [1.807, 2.05) is 0 Å². The van der Waals surface area contributed by atoms with Crippen LogP contribution in [0.4, 0.5) is 0 Å². The summed E-state index contributed by atoms with van der Waals surface area (Å²) in [4.78, 5) is 22.4. The lowest BCUT2D eigenvalue weighted by molar-refractivity contribution is -0.159. The highest BCUT2D eigenvalue weighted by atomic mass is 16.2. The van der Waals surface area contributed by atoms with E-state index in [9.17, 15) is 9.59 Å². The quantitative estimate of drug-likeness (QED) is 0.525. The van der Waals surface area contributed by atoms with E-state index in [1.165, 1.54) is 5.01 Å². The van der Waals surface area contributed by atoms with E-state index >= 15 is 0 Å². The molecule has 2 amide bonds. The molecule has 0 spiro atoms. The van der Waals surface area contributed by atoms with Gasteiger partial charge in [0.15, 0.2) is 0 Å². The highest BCUT2D eigenvalue weighted by Crippen LogP contribution is 2.15. The highest BCUT2D eigenvalue weighted by molar-refractivity contribution is 6.01. The molecule has 2 rings (SSSR count). The van der Waals surface area contributed by atoms with Crippen LogP contribution in [0, 0.1) is 0 Å². The van der Waals surface area contributed by atoms with Crippen molar-refractivity contribution in [3.63, 3.8) is 0 Å². The summed E-state index contributed by atoms with van der Waals surface area (Å²) in [6.07, 6.45) is 1.70. The third-order valence-corrected chi connectivity index (χ3v) is 2.11. The summed E-state index contributed by atoms with van der Waals surface area (Å²) in [5.41, 5.74) is 2.98. The van der Waals surface area contributed by atoms with Crippen molar-refractivity contribution in [2.45, 2.75) is 19.3 Å². The summed E-state index contributed by atoms with van der Waals surface area (Å²) >= 11 is 0. The van der Waals surface area contributed by atoms with E-state index in [-0.39, 0.29) is 11.8 Å². The van der Waals surface area contributed by atoms with Crippen molar-refractivity contribution in [3.05, 3.63) is 0 Å². The van der Waals surface area contributed by atoms with Gasteiger partial charge in [-0.15, -0.1) is 5.12 Å². The van der Waals surface area contributed by atoms with Gasteiger partial charge in [-0.2, -0.15) is 5.01 Å². The van der Waals surface area contributed by atoms with Gasteiger partial charge in [0, 0.05) is 25.9 Å². The second kappa shape index (κ2) is 2.84. The Kier molecular flexibility index (Phi) is 1.82. The van der Waals surface area contributed by atoms with Crippen LogP contribution in [0.2, 0.25) is 0 Å². The summed E-state index contributed by atoms with van der Waals surface area (Å²) in [5, 5.41) is 2.85. The van der Waals surface area contributed by atoms with Gasteiger partial charge < -0.3 is 0 Å². The zero-order valence-electron chi connectivity index (χ0n) is 6.75. The van der Waals surface area contributed by atoms with Crippen LogP contribution < -0.4 is 5.43 Å². The number of hydrogen-bond acceptors (Lipinski definition) is 4. The van der Waals surface area contributed by atoms with Crippen molar-refractivity contribution in [1.29, 1.82) is 0 Å². The van der Waals surface area contributed by atoms with Crippen LogP contribution in [0.1, 0.15) is 19.3 Å². The van der Waals surface area contributed by atoms with Crippen LogP contribution in [-0.4, -0.2) is 35.0 Å². The number of carbonyl (C=O) groups is 2. The van der Waals surface area contributed by atoms with Gasteiger partial charge in [-0.3, -0.25) is 9.59 Å². The van der Waals surface area contributed by atoms with Crippen molar-refractivity contribution >= 4 is 11.8 Å². The number of nitrogens with one attached hydrogen (secondary N) is 1. The number of hydrogen-bond donors (Lipinski definition) is 1. The molecule has 0 aromatic rings. The zero-order valence-corrected chi connectivity index (χ0v) is 6.75. The fourth-order valence-electron chi connectivity index (χ4n) is 1.52. The third-order valence-electron chi connectivity index (χ3n) is 2.11. The molecule has 2 heterocycles. The number of hydrazine groups is 2. The SMILES string of the molecule is O=C1CCC(=O)N1N1CCCN1. The molecule has 12 heavy (non-hydrogen) atoms. The molecule has 5 nitrogen and oxygen atoms in total. The minimum absolute atomic E-state index is 0.0885. The lowest BCUT2D eigenvalue weighted by Crippen LogP contribution is -2.49. The lowest BCUT2D eigenvalue weighted by Gasteiger charge is -2.24. The Morgan fingerprint density at radius 1 is 1.17 bits per heavy atom. The summed E-state index contributed by atoms with van der Waals surface area (Å²) < 4.78 is 0. The number of amides is 2. The van der Waals surface area contributed by atoms with Crippen LogP contribution in [0.25, 0.3) is 0 Å². The minimum atomic E-state index is -0.0885. The van der Waals surface area contributed by atoms with E-state index in [1.54, 1.807) is 5.12 Å². The Labute approximate surface area is 70.3 Å². The van der Waals surface area contributed by atoms with Gasteiger partial charge in [-0.1, -0.05) is 0 Å². The lowest BCUT2D eigenvalue weighted by atomic mass is 10.4. The number of imide groups is 1. The number of rotatable bonds is 1. The first-order valence-electron chi connectivity index (χ1n) is 4.16. The largest absolute Gasteiger partial charge is 0.273 e. The first-order chi connectivity index (χ1) is 5.79. The van der Waals surface area contributed by atoms with Gasteiger partial charge in [-0.05, 0) is 6.42 Å². The van der Waals surface area contributed by atoms with E-state index < -0.39 is 0 Å². The van der Waals surface area contributed by atoms with Crippen LogP contribution >= 0.6 is 0 Å². The molecule has 0 bridgehead atoms. The van der Waals surface area contributed by atoms with Crippen molar-refractivity contribution in [1.82, 2.24) is 15.6 Å². The Hall–Kier alpha value is -0.940. The molecule has 2 aliphatic heterocycles. The van der Waals surface area contributed by atoms with Crippen molar-refractivity contribution < 1.29 is 9.59 Å². The molecule has 1 N–H and O–H groups in total. The van der Waals surface area contributed by atoms with E-state index in [4.69, 9.17) is 0 Å². The van der Waals surface area contributed by atoms with Crippen LogP contribution in [-0.2, 0) is 9.59 Å². The summed E-state index contributed by atoms with van der Waals surface area (Å²) in [6.45, 7) is 1.59. The number of carbonyl (C=O) groups excluding carboxylic acids is 2. The van der Waals surface area contributed by atoms with Gasteiger partial charge in [0.1, 0.15) is 0 Å². The molecule has 0 saturated carbocycles. The molecule has 5 heteroatoms. The fourth-order valence-corrected chi connectivity index (χ4v) is 1.52. The van der Waals surface area contributed by atoms with Crippen molar-refractivity contribution in [3.8, 4) is 0 Å². The maximum atomic E-state index is 11.2. The molecule has 0 atom stereocenters. The Morgan fingerprint density at radius 2 is 1.83 bits per heavy atom. The topological polar surface area (TPSA) is 52.7 Å². The molecule has 66 valence electrons. The van der Waals surface area contributed by atoms with Crippen LogP contribution in [0.3, 0.4) is 0 Å². The van der Waals surface area contributed by atoms with E-state index in [0.29, 0.717) is 12.8 Å². The normalized spacial score (nSPS) is 25.8. The predicted octanol–water partition coefficient (Wildman–Crippen LogP) is -0.739. The van der Waals surface area contributed by atoms with Gasteiger partial charge in [0.2, 0.25) is 11.8 Å². The second-order valence-corrected chi connectivity index (χ2v) is 2.98. The van der Waals surface area contributed by atoms with E-state index in [0.717, 1.165) is 19.5 Å². The molecular formula is C7H11N3O2. The average Bonchev–Trinajstić information content (AvgIpc) is 2.61. The standard InChI is InChI=1S/C7H11N3O2/c11-6-2-3-7(12)10(6)9-5-1-4-8-9/h8H,1-5H2. The van der Waals surface area contributed by atoms with Crippen molar-refractivity contribution in [2.75, 3.05) is 13.1 Å². The van der Waals surface area contributed by atoms with Gasteiger partial charge in [-0.25, -0.2) is 5.43 Å². The molecule has 0 aliphatic carbocycles. The molecule has 2 saturated heterocycles. The highest BCUT2D eigenvalue weighted by Gasteiger charge is 2.35. The average molecular weight is 169 g/mol. The van der Waals surface area contributed by atoms with Gasteiger partial charge in [0.05, 0.1) is 0 Å². The molecule has 0 aromatic carbocycles. The fraction of sp³-hybridized carbons (Fsp3) is 0.714. The molecule has 2 fully saturated rings. The maximum Gasteiger partial charge on any atom is 0.245 e. The van der Waals surface area contributed by atoms with E-state index in [2.05, 4.69) is 5.43 Å². The smallest absolute Gasteiger partial charge is 0.245 e. The molecular weight excluding hydrogens is 158 g/mol. The van der Waals surface area contributed by atoms with Crippen molar-refractivity contribution in [2.24, 2.45) is 0 Å². The Bertz CT molecular complexity index is 207. The molecule has 0 unspecified atom stereocenters. The second-order valence-electron chi connectivity index (χ2n) is 2.98. The molecule has 0 aromatic heterocycles. The molecule has 2 aliphatic rings. The van der Waals surface area contributed by atoms with Gasteiger partial charge >= 0.3 is 0 Å². The van der Waals surface area contributed by atoms with Crippen LogP contribution in [0.15, 0.2) is 0 Å². The third kappa shape index (κ3) is 1.11. The molecule has 0 radical (unpaired) electrons. The zero-order chi connectivity index (χ0) is 8.55. The predicted molar refractivity (Wildman–Crippen MR) is 40.4 cm³/mol. The maximum absolute atomic E-state index is 11.2. The summed E-state index contributed by atoms with van der Waals surface area (Å²) in [6, 6.07) is 0. The minimum Gasteiger partial charge on any atom is -0.273 e. The Morgan fingerprint density at radius 3 is 2.33 bits per heavy atom. The number of nitrogens with zero attached hydrogens (tertiary/aromatic N) is 2. The van der Waals surface area contributed by atoms with Gasteiger partial charge in [0.25, 0.3) is 0 Å². The first kappa shape index (κ1) is 7.70. The Balaban J connectivity index is 2.09. The summed E-state index contributed by atoms with van der Waals surface area (Å²) in [7, 11) is 0. The first-order valence-corrected chi connectivity index (χ1v) is 4.16. The van der Waals surface area contributed by atoms with Crippen LogP contribution in [0.5, 0.6) is 0 Å².